The summed E-state index contributed by atoms with van der Waals surface area (Å²) in [6.45, 7) is 1.37. The second kappa shape index (κ2) is 8.00. The lowest BCUT2D eigenvalue weighted by atomic mass is 9.96. The van der Waals surface area contributed by atoms with Crippen molar-refractivity contribution in [3.63, 3.8) is 0 Å². The van der Waals surface area contributed by atoms with Gasteiger partial charge in [0.15, 0.2) is 0 Å². The van der Waals surface area contributed by atoms with E-state index in [9.17, 15) is 21.6 Å². The average molecular weight is 414 g/mol. The van der Waals surface area contributed by atoms with Gasteiger partial charge in [-0.2, -0.15) is 13.2 Å². The third-order valence-electron chi connectivity index (χ3n) is 4.79. The van der Waals surface area contributed by atoms with Crippen LogP contribution in [-0.4, -0.2) is 28.1 Å². The van der Waals surface area contributed by atoms with Crippen molar-refractivity contribution in [1.29, 1.82) is 0 Å². The summed E-state index contributed by atoms with van der Waals surface area (Å²) in [6.07, 6.45) is -3.31. The first-order valence-electron chi connectivity index (χ1n) is 8.81. The molecule has 1 saturated heterocycles. The van der Waals surface area contributed by atoms with Crippen molar-refractivity contribution in [2.24, 2.45) is 11.1 Å². The average Bonchev–Trinajstić information content (AvgIpc) is 2.66. The van der Waals surface area contributed by atoms with Crippen LogP contribution >= 0.6 is 0 Å². The third kappa shape index (κ3) is 4.96. The number of benzene rings is 2. The van der Waals surface area contributed by atoms with Gasteiger partial charge >= 0.3 is 6.18 Å². The van der Waals surface area contributed by atoms with E-state index >= 15 is 0 Å². The highest BCUT2D eigenvalue weighted by Crippen LogP contribution is 2.39. The molecule has 0 radical (unpaired) electrons. The van der Waals surface area contributed by atoms with Crippen molar-refractivity contribution in [2.75, 3.05) is 24.6 Å². The maximum Gasteiger partial charge on any atom is 0.418 e. The summed E-state index contributed by atoms with van der Waals surface area (Å²) in [5.74, 6) is 1.01. The normalized spacial score (nSPS) is 16.2. The number of anilines is 1. The Morgan fingerprint density at radius 3 is 2.29 bits per heavy atom. The summed E-state index contributed by atoms with van der Waals surface area (Å²) in [5, 5.41) is 4.97. The van der Waals surface area contributed by atoms with Gasteiger partial charge in [-0.25, -0.2) is 13.6 Å². The Morgan fingerprint density at radius 1 is 1.07 bits per heavy atom. The predicted octanol–water partition coefficient (Wildman–Crippen LogP) is 3.65. The molecule has 28 heavy (non-hydrogen) atoms. The van der Waals surface area contributed by atoms with Gasteiger partial charge in [-0.3, -0.25) is 0 Å². The number of halogens is 3. The molecule has 1 aliphatic heterocycles. The Bertz CT molecular complexity index is 910. The Morgan fingerprint density at radius 2 is 1.71 bits per heavy atom. The zero-order valence-corrected chi connectivity index (χ0v) is 15.8. The predicted molar refractivity (Wildman–Crippen MR) is 99.7 cm³/mol. The monoisotopic (exact) mass is 414 g/mol. The van der Waals surface area contributed by atoms with Crippen LogP contribution in [0.25, 0.3) is 0 Å². The van der Waals surface area contributed by atoms with Crippen molar-refractivity contribution in [3.05, 3.63) is 54.1 Å². The van der Waals surface area contributed by atoms with Gasteiger partial charge in [-0.15, -0.1) is 0 Å². The molecule has 1 heterocycles. The molecule has 0 saturated carbocycles. The molecule has 9 heteroatoms. The van der Waals surface area contributed by atoms with E-state index in [2.05, 4.69) is 0 Å². The topological polar surface area (TPSA) is 72.6 Å². The number of sulfonamides is 1. The Kier molecular flexibility index (Phi) is 5.85. The van der Waals surface area contributed by atoms with Gasteiger partial charge in [0.2, 0.25) is 10.0 Å². The molecule has 0 atom stereocenters. The summed E-state index contributed by atoms with van der Waals surface area (Å²) in [6, 6.07) is 12.3. The highest BCUT2D eigenvalue weighted by Gasteiger charge is 2.36. The summed E-state index contributed by atoms with van der Waals surface area (Å²) < 4.78 is 69.0. The largest absolute Gasteiger partial charge is 0.493 e. The van der Waals surface area contributed by atoms with Gasteiger partial charge in [0.1, 0.15) is 5.75 Å². The molecule has 2 N–H and O–H groups in total. The van der Waals surface area contributed by atoms with Crippen molar-refractivity contribution < 1.29 is 26.3 Å². The third-order valence-corrected chi connectivity index (χ3v) is 5.70. The fraction of sp³-hybridized carbons (Fsp3) is 0.368. The van der Waals surface area contributed by atoms with Gasteiger partial charge in [0.25, 0.3) is 0 Å². The molecular weight excluding hydrogens is 393 g/mol. The first-order chi connectivity index (χ1) is 13.1. The number of piperidine rings is 1. The number of nitrogens with zero attached hydrogens (tertiary/aromatic N) is 1. The summed E-state index contributed by atoms with van der Waals surface area (Å²) in [7, 11) is -4.21. The molecule has 0 amide bonds. The van der Waals surface area contributed by atoms with E-state index in [0.29, 0.717) is 38.6 Å². The minimum atomic E-state index is -4.68. The second-order valence-corrected chi connectivity index (χ2v) is 8.34. The van der Waals surface area contributed by atoms with E-state index in [0.717, 1.165) is 11.8 Å². The fourth-order valence-electron chi connectivity index (χ4n) is 3.27. The quantitative estimate of drug-likeness (QED) is 0.811. The summed E-state index contributed by atoms with van der Waals surface area (Å²) in [5.41, 5.74) is -1.01. The second-order valence-electron chi connectivity index (χ2n) is 6.78. The van der Waals surface area contributed by atoms with Crippen LogP contribution in [0.15, 0.2) is 53.4 Å². The van der Waals surface area contributed by atoms with Crippen LogP contribution in [0.5, 0.6) is 5.75 Å². The van der Waals surface area contributed by atoms with Crippen LogP contribution in [0, 0.1) is 5.92 Å². The molecule has 0 spiro atoms. The smallest absolute Gasteiger partial charge is 0.418 e. The van der Waals surface area contributed by atoms with E-state index in [-0.39, 0.29) is 11.6 Å². The van der Waals surface area contributed by atoms with Gasteiger partial charge in [-0.05, 0) is 49.1 Å². The number of rotatable bonds is 5. The molecule has 5 nitrogen and oxygen atoms in total. The Hall–Kier alpha value is -2.26. The molecule has 0 unspecified atom stereocenters. The van der Waals surface area contributed by atoms with Crippen LogP contribution in [0.1, 0.15) is 18.4 Å². The number of nitrogens with two attached hydrogens (primary N) is 1. The molecule has 0 bridgehead atoms. The SMILES string of the molecule is NS(=O)(=O)c1ccc(N2CCC(COc3ccccc3)CC2)c(C(F)(F)F)c1. The van der Waals surface area contributed by atoms with Gasteiger partial charge in [-0.1, -0.05) is 18.2 Å². The highest BCUT2D eigenvalue weighted by atomic mass is 32.2. The number of hydrogen-bond donors (Lipinski definition) is 1. The van der Waals surface area contributed by atoms with Crippen LogP contribution in [0.2, 0.25) is 0 Å². The molecule has 2 aromatic rings. The van der Waals surface area contributed by atoms with Gasteiger partial charge < -0.3 is 9.64 Å². The van der Waals surface area contributed by atoms with Crippen LogP contribution in [0.4, 0.5) is 18.9 Å². The van der Waals surface area contributed by atoms with Crippen LogP contribution in [0.3, 0.4) is 0 Å². The van der Waals surface area contributed by atoms with Crippen molar-refractivity contribution >= 4 is 15.7 Å². The molecule has 0 aliphatic carbocycles. The lowest BCUT2D eigenvalue weighted by Gasteiger charge is -2.35. The maximum atomic E-state index is 13.5. The summed E-state index contributed by atoms with van der Waals surface area (Å²) in [4.78, 5) is 1.09. The molecule has 1 fully saturated rings. The number of ether oxygens (including phenoxy) is 1. The van der Waals surface area contributed by atoms with E-state index in [1.165, 1.54) is 6.07 Å². The zero-order valence-electron chi connectivity index (χ0n) is 15.0. The first-order valence-corrected chi connectivity index (χ1v) is 10.4. The van der Waals surface area contributed by atoms with Crippen molar-refractivity contribution in [3.8, 4) is 5.75 Å². The molecule has 1 aliphatic rings. The lowest BCUT2D eigenvalue weighted by molar-refractivity contribution is -0.137. The van der Waals surface area contributed by atoms with E-state index < -0.39 is 26.7 Å². The van der Waals surface area contributed by atoms with Crippen molar-refractivity contribution in [2.45, 2.75) is 23.9 Å². The molecule has 3 rings (SSSR count). The minimum Gasteiger partial charge on any atom is -0.493 e. The van der Waals surface area contributed by atoms with Crippen LogP contribution in [-0.2, 0) is 16.2 Å². The lowest BCUT2D eigenvalue weighted by Crippen LogP contribution is -2.36. The number of para-hydroxylation sites is 1. The molecule has 2 aromatic carbocycles. The number of hydrogen-bond acceptors (Lipinski definition) is 4. The number of alkyl halides is 3. The highest BCUT2D eigenvalue weighted by molar-refractivity contribution is 7.89. The Labute approximate surface area is 162 Å². The van der Waals surface area contributed by atoms with Gasteiger partial charge in [0.05, 0.1) is 17.1 Å². The standard InChI is InChI=1S/C19H21F3N2O3S/c20-19(21,22)17-12-16(28(23,25)26)6-7-18(17)24-10-8-14(9-11-24)13-27-15-4-2-1-3-5-15/h1-7,12,14H,8-11,13H2,(H2,23,25,26). The summed E-state index contributed by atoms with van der Waals surface area (Å²) >= 11 is 0. The van der Waals surface area contributed by atoms with Gasteiger partial charge in [0, 0.05) is 18.8 Å². The first kappa shape index (κ1) is 20.5. The van der Waals surface area contributed by atoms with Crippen molar-refractivity contribution in [1.82, 2.24) is 0 Å². The minimum absolute atomic E-state index is 0.0256. The molecule has 0 aromatic heterocycles. The molecular formula is C19H21F3N2O3S. The maximum absolute atomic E-state index is 13.5. The van der Waals surface area contributed by atoms with E-state index in [1.807, 2.05) is 30.3 Å². The Balaban J connectivity index is 1.69. The van der Waals surface area contributed by atoms with E-state index in [1.54, 1.807) is 4.90 Å². The fourth-order valence-corrected chi connectivity index (χ4v) is 3.81. The molecule has 152 valence electrons. The van der Waals surface area contributed by atoms with Crippen LogP contribution < -0.4 is 14.8 Å². The zero-order chi connectivity index (χ0) is 20.4. The number of primary sulfonamides is 1. The van der Waals surface area contributed by atoms with E-state index in [4.69, 9.17) is 9.88 Å².